The Kier molecular flexibility index (Phi) is 5.92. The SMILES string of the molecule is CCCc1ccc(-c2cc(NC(=O)CCc3nc(C(C)(C)C)no3)n[nH]2)cc1. The number of amides is 1. The third kappa shape index (κ3) is 5.06. The van der Waals surface area contributed by atoms with Gasteiger partial charge in [-0.25, -0.2) is 0 Å². The van der Waals surface area contributed by atoms with Crippen molar-refractivity contribution in [2.45, 2.75) is 58.8 Å². The summed E-state index contributed by atoms with van der Waals surface area (Å²) in [4.78, 5) is 16.5. The summed E-state index contributed by atoms with van der Waals surface area (Å²) in [6.07, 6.45) is 2.84. The van der Waals surface area contributed by atoms with E-state index >= 15 is 0 Å². The number of aromatic nitrogens is 4. The summed E-state index contributed by atoms with van der Waals surface area (Å²) in [5.74, 6) is 1.46. The Balaban J connectivity index is 1.54. The molecule has 1 amide bonds. The number of carbonyl (C=O) groups excluding carboxylic acids is 1. The molecule has 0 spiro atoms. The van der Waals surface area contributed by atoms with Crippen LogP contribution in [0.15, 0.2) is 34.9 Å². The average molecular weight is 381 g/mol. The van der Waals surface area contributed by atoms with Gasteiger partial charge in [-0.2, -0.15) is 10.1 Å². The fraction of sp³-hybridized carbons (Fsp3) is 0.429. The van der Waals surface area contributed by atoms with E-state index < -0.39 is 0 Å². The molecule has 0 bridgehead atoms. The van der Waals surface area contributed by atoms with E-state index in [0.717, 1.165) is 24.1 Å². The maximum absolute atomic E-state index is 12.2. The molecule has 3 aromatic rings. The number of H-pyrrole nitrogens is 1. The van der Waals surface area contributed by atoms with Crippen molar-refractivity contribution in [3.8, 4) is 11.3 Å². The van der Waals surface area contributed by atoms with Gasteiger partial charge in [0, 0.05) is 24.3 Å². The third-order valence-electron chi connectivity index (χ3n) is 4.35. The number of carbonyl (C=O) groups is 1. The standard InChI is InChI=1S/C21H27N5O2/c1-5-6-14-7-9-15(10-8-14)16-13-17(25-24-16)22-18(27)11-12-19-23-20(26-28-19)21(2,3)4/h7-10,13H,5-6,11-12H2,1-4H3,(H2,22,24,25,27). The topological polar surface area (TPSA) is 96.7 Å². The van der Waals surface area contributed by atoms with E-state index in [2.05, 4.69) is 56.8 Å². The van der Waals surface area contributed by atoms with Gasteiger partial charge in [-0.05, 0) is 17.5 Å². The zero-order chi connectivity index (χ0) is 20.1. The highest BCUT2D eigenvalue weighted by Gasteiger charge is 2.21. The van der Waals surface area contributed by atoms with E-state index in [9.17, 15) is 4.79 Å². The van der Waals surface area contributed by atoms with Crippen molar-refractivity contribution < 1.29 is 9.32 Å². The number of rotatable bonds is 7. The molecule has 2 heterocycles. The summed E-state index contributed by atoms with van der Waals surface area (Å²) < 4.78 is 5.22. The zero-order valence-corrected chi connectivity index (χ0v) is 16.9. The molecular formula is C21H27N5O2. The van der Waals surface area contributed by atoms with E-state index in [4.69, 9.17) is 4.52 Å². The van der Waals surface area contributed by atoms with Crippen LogP contribution in [0.25, 0.3) is 11.3 Å². The Morgan fingerprint density at radius 3 is 2.57 bits per heavy atom. The van der Waals surface area contributed by atoms with Crippen molar-refractivity contribution in [2.24, 2.45) is 0 Å². The lowest BCUT2D eigenvalue weighted by atomic mass is 9.96. The fourth-order valence-corrected chi connectivity index (χ4v) is 2.76. The van der Waals surface area contributed by atoms with Crippen molar-refractivity contribution in [2.75, 3.05) is 5.32 Å². The van der Waals surface area contributed by atoms with Gasteiger partial charge in [0.25, 0.3) is 0 Å². The zero-order valence-electron chi connectivity index (χ0n) is 16.9. The highest BCUT2D eigenvalue weighted by Crippen LogP contribution is 2.21. The van der Waals surface area contributed by atoms with Crippen LogP contribution in [-0.4, -0.2) is 26.2 Å². The number of aromatic amines is 1. The Morgan fingerprint density at radius 1 is 1.18 bits per heavy atom. The smallest absolute Gasteiger partial charge is 0.227 e. The van der Waals surface area contributed by atoms with Crippen LogP contribution < -0.4 is 5.32 Å². The summed E-state index contributed by atoms with van der Waals surface area (Å²) in [7, 11) is 0. The quantitative estimate of drug-likeness (QED) is 0.637. The van der Waals surface area contributed by atoms with Gasteiger partial charge in [0.1, 0.15) is 0 Å². The van der Waals surface area contributed by atoms with Gasteiger partial charge in [-0.1, -0.05) is 63.5 Å². The lowest BCUT2D eigenvalue weighted by Crippen LogP contribution is -2.14. The van der Waals surface area contributed by atoms with E-state index in [1.807, 2.05) is 26.8 Å². The molecule has 0 unspecified atom stereocenters. The maximum atomic E-state index is 12.2. The van der Waals surface area contributed by atoms with Crippen LogP contribution in [0.2, 0.25) is 0 Å². The molecule has 7 nitrogen and oxygen atoms in total. The molecular weight excluding hydrogens is 354 g/mol. The van der Waals surface area contributed by atoms with Gasteiger partial charge in [0.2, 0.25) is 11.8 Å². The van der Waals surface area contributed by atoms with Crippen LogP contribution in [0.4, 0.5) is 5.82 Å². The predicted molar refractivity (Wildman–Crippen MR) is 108 cm³/mol. The maximum Gasteiger partial charge on any atom is 0.227 e. The minimum Gasteiger partial charge on any atom is -0.339 e. The molecule has 0 saturated carbocycles. The van der Waals surface area contributed by atoms with Gasteiger partial charge in [0.15, 0.2) is 11.6 Å². The normalized spacial score (nSPS) is 11.6. The third-order valence-corrected chi connectivity index (χ3v) is 4.35. The molecule has 1 aromatic carbocycles. The van der Waals surface area contributed by atoms with Gasteiger partial charge in [0.05, 0.1) is 5.69 Å². The van der Waals surface area contributed by atoms with Crippen molar-refractivity contribution in [1.29, 1.82) is 0 Å². The molecule has 0 radical (unpaired) electrons. The molecule has 0 aliphatic rings. The Morgan fingerprint density at radius 2 is 1.93 bits per heavy atom. The molecule has 0 aliphatic heterocycles. The van der Waals surface area contributed by atoms with Gasteiger partial charge >= 0.3 is 0 Å². The highest BCUT2D eigenvalue weighted by molar-refractivity contribution is 5.90. The largest absolute Gasteiger partial charge is 0.339 e. The molecule has 3 rings (SSSR count). The molecule has 7 heteroatoms. The van der Waals surface area contributed by atoms with Crippen molar-refractivity contribution in [1.82, 2.24) is 20.3 Å². The summed E-state index contributed by atoms with van der Waals surface area (Å²) >= 11 is 0. The first-order valence-electron chi connectivity index (χ1n) is 9.63. The molecule has 0 saturated heterocycles. The highest BCUT2D eigenvalue weighted by atomic mass is 16.5. The summed E-state index contributed by atoms with van der Waals surface area (Å²) in [5.41, 5.74) is 3.04. The molecule has 28 heavy (non-hydrogen) atoms. The Hall–Kier alpha value is -2.96. The lowest BCUT2D eigenvalue weighted by Gasteiger charge is -2.10. The first-order valence-corrected chi connectivity index (χ1v) is 9.63. The van der Waals surface area contributed by atoms with Crippen LogP contribution in [-0.2, 0) is 23.1 Å². The van der Waals surface area contributed by atoms with E-state index in [-0.39, 0.29) is 17.7 Å². The number of anilines is 1. The monoisotopic (exact) mass is 381 g/mol. The van der Waals surface area contributed by atoms with Crippen LogP contribution in [0.5, 0.6) is 0 Å². The molecule has 0 aliphatic carbocycles. The van der Waals surface area contributed by atoms with Crippen LogP contribution in [0.3, 0.4) is 0 Å². The summed E-state index contributed by atoms with van der Waals surface area (Å²) in [6, 6.07) is 10.2. The number of nitrogens with zero attached hydrogens (tertiary/aromatic N) is 3. The molecule has 2 N–H and O–H groups in total. The number of hydrogen-bond donors (Lipinski definition) is 2. The van der Waals surface area contributed by atoms with Crippen molar-refractivity contribution >= 4 is 11.7 Å². The van der Waals surface area contributed by atoms with E-state index in [1.165, 1.54) is 5.56 Å². The Bertz CT molecular complexity index is 919. The second kappa shape index (κ2) is 8.37. The second-order valence-corrected chi connectivity index (χ2v) is 7.92. The molecule has 148 valence electrons. The van der Waals surface area contributed by atoms with Gasteiger partial charge in [-0.15, -0.1) is 0 Å². The first-order chi connectivity index (χ1) is 13.3. The van der Waals surface area contributed by atoms with Gasteiger partial charge < -0.3 is 9.84 Å². The minimum atomic E-state index is -0.176. The Labute approximate surface area is 164 Å². The van der Waals surface area contributed by atoms with E-state index in [0.29, 0.717) is 24.0 Å². The van der Waals surface area contributed by atoms with Crippen molar-refractivity contribution in [3.63, 3.8) is 0 Å². The molecule has 2 aromatic heterocycles. The molecule has 0 fully saturated rings. The number of nitrogens with one attached hydrogen (secondary N) is 2. The average Bonchev–Trinajstić information content (AvgIpc) is 3.30. The van der Waals surface area contributed by atoms with Crippen LogP contribution in [0.1, 0.15) is 57.8 Å². The van der Waals surface area contributed by atoms with E-state index in [1.54, 1.807) is 0 Å². The summed E-state index contributed by atoms with van der Waals surface area (Å²) in [5, 5.41) is 13.9. The van der Waals surface area contributed by atoms with Crippen LogP contribution >= 0.6 is 0 Å². The first kappa shape index (κ1) is 19.8. The predicted octanol–water partition coefficient (Wildman–Crippen LogP) is 4.28. The number of hydrogen-bond acceptors (Lipinski definition) is 5. The number of benzene rings is 1. The van der Waals surface area contributed by atoms with Gasteiger partial charge in [-0.3, -0.25) is 9.89 Å². The minimum absolute atomic E-state index is 0.146. The lowest BCUT2D eigenvalue weighted by molar-refractivity contribution is -0.116. The van der Waals surface area contributed by atoms with Crippen molar-refractivity contribution in [3.05, 3.63) is 47.6 Å². The second-order valence-electron chi connectivity index (χ2n) is 7.92. The summed E-state index contributed by atoms with van der Waals surface area (Å²) in [6.45, 7) is 8.21. The number of aryl methyl sites for hydroxylation is 2. The fourth-order valence-electron chi connectivity index (χ4n) is 2.76. The van der Waals surface area contributed by atoms with Crippen LogP contribution in [0, 0.1) is 0 Å². The molecule has 0 atom stereocenters.